The van der Waals surface area contributed by atoms with Crippen LogP contribution in [0.4, 0.5) is 0 Å². The van der Waals surface area contributed by atoms with Crippen molar-refractivity contribution in [2.45, 2.75) is 32.7 Å². The lowest BCUT2D eigenvalue weighted by Gasteiger charge is -2.28. The minimum Gasteiger partial charge on any atom is -0.508 e. The Morgan fingerprint density at radius 1 is 1.19 bits per heavy atom. The third-order valence-corrected chi connectivity index (χ3v) is 4.11. The second kappa shape index (κ2) is 5.90. The quantitative estimate of drug-likeness (QED) is 0.896. The molecule has 110 valence electrons. The largest absolute Gasteiger partial charge is 0.508 e. The maximum Gasteiger partial charge on any atom is 0.115 e. The Balaban J connectivity index is 1.97. The van der Waals surface area contributed by atoms with Gasteiger partial charge in [0.25, 0.3) is 0 Å². The van der Waals surface area contributed by atoms with E-state index in [1.54, 1.807) is 6.07 Å². The zero-order chi connectivity index (χ0) is 14.8. The molecule has 0 radical (unpaired) electrons. The molecule has 0 fully saturated rings. The van der Waals surface area contributed by atoms with Crippen LogP contribution in [0.3, 0.4) is 0 Å². The van der Waals surface area contributed by atoms with E-state index in [-0.39, 0.29) is 6.04 Å². The van der Waals surface area contributed by atoms with Gasteiger partial charge < -0.3 is 10.4 Å². The molecule has 0 aliphatic carbocycles. The fourth-order valence-electron chi connectivity index (χ4n) is 3.21. The number of fused-ring (bicyclic) bond motifs is 1. The first-order chi connectivity index (χ1) is 10.1. The Bertz CT molecular complexity index is 633. The summed E-state index contributed by atoms with van der Waals surface area (Å²) < 4.78 is 0. The minimum absolute atomic E-state index is 0.188. The van der Waals surface area contributed by atoms with Gasteiger partial charge in [0.1, 0.15) is 5.75 Å². The van der Waals surface area contributed by atoms with Gasteiger partial charge in [-0.1, -0.05) is 44.2 Å². The van der Waals surface area contributed by atoms with Crippen molar-refractivity contribution in [1.82, 2.24) is 5.32 Å². The summed E-state index contributed by atoms with van der Waals surface area (Å²) in [4.78, 5) is 0. The van der Waals surface area contributed by atoms with E-state index in [0.717, 1.165) is 19.4 Å². The van der Waals surface area contributed by atoms with Crippen molar-refractivity contribution in [2.24, 2.45) is 5.92 Å². The molecule has 3 rings (SSSR count). The van der Waals surface area contributed by atoms with Crippen molar-refractivity contribution in [1.29, 1.82) is 0 Å². The minimum atomic E-state index is 0.188. The summed E-state index contributed by atoms with van der Waals surface area (Å²) in [5.74, 6) is 1.01. The van der Waals surface area contributed by atoms with Gasteiger partial charge in [-0.25, -0.2) is 0 Å². The van der Waals surface area contributed by atoms with E-state index in [4.69, 9.17) is 0 Å². The van der Waals surface area contributed by atoms with E-state index < -0.39 is 0 Å². The van der Waals surface area contributed by atoms with Crippen LogP contribution in [0.15, 0.2) is 42.5 Å². The van der Waals surface area contributed by atoms with Crippen LogP contribution in [-0.4, -0.2) is 11.7 Å². The van der Waals surface area contributed by atoms with Crippen LogP contribution in [0.2, 0.25) is 0 Å². The Labute approximate surface area is 126 Å². The molecule has 2 aromatic rings. The molecule has 1 unspecified atom stereocenters. The smallest absolute Gasteiger partial charge is 0.115 e. The topological polar surface area (TPSA) is 32.3 Å². The molecule has 21 heavy (non-hydrogen) atoms. The summed E-state index contributed by atoms with van der Waals surface area (Å²) in [6.45, 7) is 5.48. The molecule has 2 aromatic carbocycles. The molecule has 0 saturated heterocycles. The van der Waals surface area contributed by atoms with Gasteiger partial charge in [-0.15, -0.1) is 0 Å². The summed E-state index contributed by atoms with van der Waals surface area (Å²) >= 11 is 0. The van der Waals surface area contributed by atoms with Crippen molar-refractivity contribution in [3.05, 3.63) is 64.7 Å². The van der Waals surface area contributed by atoms with E-state index >= 15 is 0 Å². The van der Waals surface area contributed by atoms with Gasteiger partial charge in [-0.2, -0.15) is 0 Å². The Morgan fingerprint density at radius 3 is 2.86 bits per heavy atom. The summed E-state index contributed by atoms with van der Waals surface area (Å²) in [7, 11) is 0. The lowest BCUT2D eigenvalue weighted by Crippen LogP contribution is -2.30. The number of phenolic OH excluding ortho intramolecular Hbond substituents is 1. The Hall–Kier alpha value is -1.80. The average Bonchev–Trinajstić information content (AvgIpc) is 2.46. The van der Waals surface area contributed by atoms with Crippen molar-refractivity contribution in [3.63, 3.8) is 0 Å². The highest BCUT2D eigenvalue weighted by atomic mass is 16.3. The second-order valence-electron chi connectivity index (χ2n) is 6.36. The highest BCUT2D eigenvalue weighted by Crippen LogP contribution is 2.31. The van der Waals surface area contributed by atoms with Gasteiger partial charge in [0, 0.05) is 6.54 Å². The molecular weight excluding hydrogens is 258 g/mol. The normalized spacial score (nSPS) is 17.8. The van der Waals surface area contributed by atoms with Gasteiger partial charge in [-0.05, 0) is 53.1 Å². The molecule has 1 heterocycles. The third kappa shape index (κ3) is 3.11. The summed E-state index contributed by atoms with van der Waals surface area (Å²) in [6.07, 6.45) is 2.13. The Morgan fingerprint density at radius 2 is 2.05 bits per heavy atom. The van der Waals surface area contributed by atoms with Crippen LogP contribution in [0, 0.1) is 5.92 Å². The second-order valence-corrected chi connectivity index (χ2v) is 6.36. The molecular formula is C19H23NO. The highest BCUT2D eigenvalue weighted by molar-refractivity contribution is 5.44. The van der Waals surface area contributed by atoms with Crippen molar-refractivity contribution in [2.75, 3.05) is 6.54 Å². The molecule has 0 amide bonds. The van der Waals surface area contributed by atoms with Crippen LogP contribution in [0.1, 0.15) is 42.1 Å². The summed E-state index contributed by atoms with van der Waals surface area (Å²) in [6, 6.07) is 14.8. The number of hydrogen-bond donors (Lipinski definition) is 2. The van der Waals surface area contributed by atoms with E-state index in [2.05, 4.69) is 49.5 Å². The average molecular weight is 281 g/mol. The number of aromatic hydroxyl groups is 1. The number of phenols is 1. The van der Waals surface area contributed by atoms with Crippen molar-refractivity contribution < 1.29 is 5.11 Å². The fourth-order valence-corrected chi connectivity index (χ4v) is 3.21. The summed E-state index contributed by atoms with van der Waals surface area (Å²) in [5.41, 5.74) is 5.23. The molecule has 0 aromatic heterocycles. The first kappa shape index (κ1) is 14.2. The molecule has 2 nitrogen and oxygen atoms in total. The first-order valence-corrected chi connectivity index (χ1v) is 7.77. The van der Waals surface area contributed by atoms with E-state index in [9.17, 15) is 5.11 Å². The highest BCUT2D eigenvalue weighted by Gasteiger charge is 2.21. The van der Waals surface area contributed by atoms with Gasteiger partial charge >= 0.3 is 0 Å². The maximum absolute atomic E-state index is 9.80. The van der Waals surface area contributed by atoms with Crippen LogP contribution < -0.4 is 5.32 Å². The van der Waals surface area contributed by atoms with E-state index in [0.29, 0.717) is 11.7 Å². The first-order valence-electron chi connectivity index (χ1n) is 7.77. The molecule has 1 aliphatic rings. The lowest BCUT2D eigenvalue weighted by molar-refractivity contribution is 0.470. The molecule has 2 heteroatoms. The number of benzene rings is 2. The molecule has 0 spiro atoms. The van der Waals surface area contributed by atoms with Crippen LogP contribution in [0.5, 0.6) is 5.75 Å². The monoisotopic (exact) mass is 281 g/mol. The standard InChI is InChI=1S/C19H23NO/c1-13(2)10-14-4-3-5-16(11-14)19-18-12-17(21)7-6-15(18)8-9-20-19/h3-7,11-13,19-21H,8-10H2,1-2H3. The van der Waals surface area contributed by atoms with Gasteiger partial charge in [0.15, 0.2) is 0 Å². The molecule has 0 saturated carbocycles. The number of rotatable bonds is 3. The van der Waals surface area contributed by atoms with Crippen LogP contribution >= 0.6 is 0 Å². The fraction of sp³-hybridized carbons (Fsp3) is 0.368. The molecule has 1 atom stereocenters. The number of nitrogens with one attached hydrogen (secondary N) is 1. The van der Waals surface area contributed by atoms with E-state index in [1.807, 2.05) is 6.07 Å². The van der Waals surface area contributed by atoms with Crippen LogP contribution in [0.25, 0.3) is 0 Å². The maximum atomic E-state index is 9.80. The zero-order valence-corrected chi connectivity index (χ0v) is 12.8. The van der Waals surface area contributed by atoms with Crippen molar-refractivity contribution >= 4 is 0 Å². The predicted molar refractivity (Wildman–Crippen MR) is 86.6 cm³/mol. The molecule has 1 aliphatic heterocycles. The summed E-state index contributed by atoms with van der Waals surface area (Å²) in [5, 5.41) is 13.4. The van der Waals surface area contributed by atoms with Crippen molar-refractivity contribution in [3.8, 4) is 5.75 Å². The molecule has 2 N–H and O–H groups in total. The SMILES string of the molecule is CC(C)Cc1cccc(C2NCCc3ccc(O)cc32)c1. The van der Waals surface area contributed by atoms with Crippen LogP contribution in [-0.2, 0) is 12.8 Å². The molecule has 0 bridgehead atoms. The zero-order valence-electron chi connectivity index (χ0n) is 12.8. The number of hydrogen-bond acceptors (Lipinski definition) is 2. The predicted octanol–water partition coefficient (Wildman–Crippen LogP) is 3.83. The Kier molecular flexibility index (Phi) is 3.98. The van der Waals surface area contributed by atoms with Gasteiger partial charge in [-0.3, -0.25) is 0 Å². The van der Waals surface area contributed by atoms with Gasteiger partial charge in [0.2, 0.25) is 0 Å². The lowest BCUT2D eigenvalue weighted by atomic mass is 9.88. The third-order valence-electron chi connectivity index (χ3n) is 4.11. The van der Waals surface area contributed by atoms with Gasteiger partial charge in [0.05, 0.1) is 6.04 Å². The van der Waals surface area contributed by atoms with E-state index in [1.165, 1.54) is 22.3 Å².